The van der Waals surface area contributed by atoms with Gasteiger partial charge in [0.05, 0.1) is 12.3 Å². The third-order valence-electron chi connectivity index (χ3n) is 3.18. The third-order valence-corrected chi connectivity index (χ3v) is 5.66. The standard InChI is InChI=1S/C14H12F6N2O2S2/c1-7-2-8(15)9(3-10(7)26(24)6-14(18,19)20)21-13-22(4-11(16)17)12(23)5-25-13/h2-3,11H,4-6H2,1H3/b21-13-. The van der Waals surface area contributed by atoms with E-state index in [4.69, 9.17) is 0 Å². The van der Waals surface area contributed by atoms with Crippen molar-refractivity contribution < 1.29 is 35.7 Å². The van der Waals surface area contributed by atoms with Crippen molar-refractivity contribution in [3.05, 3.63) is 23.5 Å². The molecule has 1 aromatic rings. The number of aryl methyl sites for hydroxylation is 1. The molecule has 0 bridgehead atoms. The highest BCUT2D eigenvalue weighted by atomic mass is 32.2. The van der Waals surface area contributed by atoms with Gasteiger partial charge in [0.25, 0.3) is 6.43 Å². The molecule has 1 heterocycles. The first-order valence-corrected chi connectivity index (χ1v) is 9.33. The number of hydrogen-bond acceptors (Lipinski definition) is 4. The molecule has 144 valence electrons. The average molecular weight is 418 g/mol. The molecular weight excluding hydrogens is 406 g/mol. The average Bonchev–Trinajstić information content (AvgIpc) is 2.80. The number of amidine groups is 1. The highest BCUT2D eigenvalue weighted by molar-refractivity contribution is 8.15. The smallest absolute Gasteiger partial charge is 0.433 e. The van der Waals surface area contributed by atoms with Crippen LogP contribution in [0.15, 0.2) is 22.0 Å². The maximum absolute atomic E-state index is 14.1. The van der Waals surface area contributed by atoms with Gasteiger partial charge in [0.2, 0.25) is 11.7 Å². The van der Waals surface area contributed by atoms with Crippen molar-refractivity contribution in [3.63, 3.8) is 0 Å². The fourth-order valence-corrected chi connectivity index (χ4v) is 4.12. The van der Waals surface area contributed by atoms with E-state index in [-0.39, 0.29) is 21.4 Å². The van der Waals surface area contributed by atoms with Crippen LogP contribution in [0.4, 0.5) is 32.0 Å². The molecule has 26 heavy (non-hydrogen) atoms. The Balaban J connectivity index is 2.37. The highest BCUT2D eigenvalue weighted by Crippen LogP contribution is 2.32. The second kappa shape index (κ2) is 8.09. The van der Waals surface area contributed by atoms with E-state index < -0.39 is 53.5 Å². The van der Waals surface area contributed by atoms with Gasteiger partial charge in [-0.15, -0.1) is 0 Å². The molecule has 0 spiro atoms. The Labute approximate surface area is 151 Å². The number of nitrogens with zero attached hydrogens (tertiary/aromatic N) is 2. The van der Waals surface area contributed by atoms with Crippen LogP contribution in [0.1, 0.15) is 5.56 Å². The molecule has 1 aromatic carbocycles. The van der Waals surface area contributed by atoms with Crippen LogP contribution in [0.3, 0.4) is 0 Å². The Hall–Kier alpha value is -1.40. The van der Waals surface area contributed by atoms with E-state index in [0.717, 1.165) is 23.9 Å². The predicted octanol–water partition coefficient (Wildman–Crippen LogP) is 3.63. The molecule has 0 aliphatic carbocycles. The lowest BCUT2D eigenvalue weighted by atomic mass is 10.2. The summed E-state index contributed by atoms with van der Waals surface area (Å²) in [5.41, 5.74) is -0.439. The van der Waals surface area contributed by atoms with Crippen LogP contribution >= 0.6 is 11.8 Å². The fraction of sp³-hybridized carbons (Fsp3) is 0.429. The number of aliphatic imine (C=N–C) groups is 1. The zero-order chi connectivity index (χ0) is 19.6. The van der Waals surface area contributed by atoms with Gasteiger partial charge in [0, 0.05) is 11.6 Å². The van der Waals surface area contributed by atoms with E-state index >= 15 is 0 Å². The Morgan fingerprint density at radius 2 is 2.04 bits per heavy atom. The minimum Gasteiger partial charge on any atom is -0.611 e. The summed E-state index contributed by atoms with van der Waals surface area (Å²) in [4.78, 5) is 15.8. The second-order valence-corrected chi connectivity index (χ2v) is 7.61. The SMILES string of the molecule is Cc1cc(F)c(/N=C2\SCC(=O)N2CC(F)F)cc1[S+]([O-])CC(F)(F)F. The minimum atomic E-state index is -4.68. The fourth-order valence-electron chi connectivity index (χ4n) is 2.10. The molecule has 0 radical (unpaired) electrons. The van der Waals surface area contributed by atoms with E-state index in [2.05, 4.69) is 4.99 Å². The number of amides is 1. The summed E-state index contributed by atoms with van der Waals surface area (Å²) in [6.45, 7) is 0.367. The van der Waals surface area contributed by atoms with Crippen LogP contribution < -0.4 is 0 Å². The molecule has 1 unspecified atom stereocenters. The number of hydrogen-bond donors (Lipinski definition) is 0. The van der Waals surface area contributed by atoms with E-state index in [0.29, 0.717) is 4.90 Å². The van der Waals surface area contributed by atoms with Gasteiger partial charge < -0.3 is 4.55 Å². The van der Waals surface area contributed by atoms with Gasteiger partial charge in [-0.3, -0.25) is 9.69 Å². The highest BCUT2D eigenvalue weighted by Gasteiger charge is 2.37. The van der Waals surface area contributed by atoms with Gasteiger partial charge in [-0.1, -0.05) is 11.8 Å². The van der Waals surface area contributed by atoms with Crippen molar-refractivity contribution in [1.82, 2.24) is 4.90 Å². The van der Waals surface area contributed by atoms with Gasteiger partial charge in [0.1, 0.15) is 11.5 Å². The number of benzene rings is 1. The number of carbonyl (C=O) groups is 1. The third kappa shape index (κ3) is 5.30. The van der Waals surface area contributed by atoms with Crippen LogP contribution in [-0.2, 0) is 16.0 Å². The molecule has 1 aliphatic heterocycles. The second-order valence-electron chi connectivity index (χ2n) is 5.25. The maximum Gasteiger partial charge on any atom is 0.433 e. The lowest BCUT2D eigenvalue weighted by Crippen LogP contribution is -2.33. The zero-order valence-corrected chi connectivity index (χ0v) is 14.8. The summed E-state index contributed by atoms with van der Waals surface area (Å²) in [5, 5.41) is -0.189. The largest absolute Gasteiger partial charge is 0.611 e. The molecule has 4 nitrogen and oxygen atoms in total. The molecule has 12 heteroatoms. The van der Waals surface area contributed by atoms with Crippen molar-refractivity contribution in [2.75, 3.05) is 18.1 Å². The summed E-state index contributed by atoms with van der Waals surface area (Å²) in [6, 6.07) is 1.74. The summed E-state index contributed by atoms with van der Waals surface area (Å²) >= 11 is -1.68. The van der Waals surface area contributed by atoms with Crippen molar-refractivity contribution >= 4 is 39.7 Å². The van der Waals surface area contributed by atoms with E-state index in [1.165, 1.54) is 6.92 Å². The van der Waals surface area contributed by atoms with Crippen LogP contribution in [0, 0.1) is 12.7 Å². The van der Waals surface area contributed by atoms with Gasteiger partial charge in [-0.2, -0.15) is 13.2 Å². The zero-order valence-electron chi connectivity index (χ0n) is 13.1. The summed E-state index contributed by atoms with van der Waals surface area (Å²) in [7, 11) is 0. The Morgan fingerprint density at radius 1 is 1.38 bits per heavy atom. The predicted molar refractivity (Wildman–Crippen MR) is 85.7 cm³/mol. The number of alkyl halides is 5. The molecule has 1 saturated heterocycles. The van der Waals surface area contributed by atoms with Crippen LogP contribution in [0.25, 0.3) is 0 Å². The van der Waals surface area contributed by atoms with Gasteiger partial charge in [0.15, 0.2) is 10.1 Å². The number of halogens is 6. The lowest BCUT2D eigenvalue weighted by molar-refractivity contribution is -0.125. The van der Waals surface area contributed by atoms with Crippen LogP contribution in [0.5, 0.6) is 0 Å². The topological polar surface area (TPSA) is 55.7 Å². The molecule has 1 fully saturated rings. The number of rotatable bonds is 5. The number of carbonyl (C=O) groups excluding carboxylic acids is 1. The monoisotopic (exact) mass is 418 g/mol. The Bertz CT molecular complexity index is 726. The van der Waals surface area contributed by atoms with Crippen LogP contribution in [-0.4, -0.2) is 51.2 Å². The normalized spacial score (nSPS) is 18.3. The van der Waals surface area contributed by atoms with Gasteiger partial charge >= 0.3 is 6.18 Å². The first-order chi connectivity index (χ1) is 12.0. The van der Waals surface area contributed by atoms with Crippen molar-refractivity contribution in [2.24, 2.45) is 4.99 Å². The molecule has 0 aromatic heterocycles. The minimum absolute atomic E-state index is 0.0358. The molecule has 1 amide bonds. The lowest BCUT2D eigenvalue weighted by Gasteiger charge is -2.17. The van der Waals surface area contributed by atoms with Crippen molar-refractivity contribution in [3.8, 4) is 0 Å². The molecule has 1 aliphatic rings. The first-order valence-electron chi connectivity index (χ1n) is 7.03. The van der Waals surface area contributed by atoms with Gasteiger partial charge in [-0.05, 0) is 24.2 Å². The molecule has 0 saturated carbocycles. The summed E-state index contributed by atoms with van der Waals surface area (Å²) in [5.74, 6) is -3.34. The van der Waals surface area contributed by atoms with E-state index in [1.54, 1.807) is 0 Å². The van der Waals surface area contributed by atoms with E-state index in [1.807, 2.05) is 0 Å². The molecular formula is C14H12F6N2O2S2. The molecule has 1 atom stereocenters. The maximum atomic E-state index is 14.1. The molecule has 2 rings (SSSR count). The number of thioether (sulfide) groups is 1. The van der Waals surface area contributed by atoms with Gasteiger partial charge in [-0.25, -0.2) is 18.2 Å². The van der Waals surface area contributed by atoms with E-state index in [9.17, 15) is 35.7 Å². The first kappa shape index (κ1) is 20.9. The van der Waals surface area contributed by atoms with Crippen molar-refractivity contribution in [2.45, 2.75) is 24.4 Å². The molecule has 0 N–H and O–H groups in total. The summed E-state index contributed by atoms with van der Waals surface area (Å²) in [6.07, 6.45) is -7.51. The Kier molecular flexibility index (Phi) is 6.51. The van der Waals surface area contributed by atoms with Crippen molar-refractivity contribution in [1.29, 1.82) is 0 Å². The Morgan fingerprint density at radius 3 is 2.62 bits per heavy atom. The van der Waals surface area contributed by atoms with Crippen LogP contribution in [0.2, 0.25) is 0 Å². The quantitative estimate of drug-likeness (QED) is 0.542. The summed E-state index contributed by atoms with van der Waals surface area (Å²) < 4.78 is 88.4.